The zero-order chi connectivity index (χ0) is 12.3. The van der Waals surface area contributed by atoms with Crippen LogP contribution in [0.25, 0.3) is 0 Å². The van der Waals surface area contributed by atoms with E-state index in [9.17, 15) is 4.79 Å². The minimum atomic E-state index is 0.199. The van der Waals surface area contributed by atoms with Gasteiger partial charge < -0.3 is 14.5 Å². The summed E-state index contributed by atoms with van der Waals surface area (Å²) in [5.74, 6) is 0.923. The first-order valence-corrected chi connectivity index (χ1v) is 6.73. The molecule has 2 heterocycles. The fraction of sp³-hybridized carbons (Fsp3) is 0.923. The van der Waals surface area contributed by atoms with E-state index in [1.165, 1.54) is 12.8 Å². The van der Waals surface area contributed by atoms with Gasteiger partial charge in [-0.25, -0.2) is 0 Å². The molecule has 2 fully saturated rings. The van der Waals surface area contributed by atoms with E-state index in [1.54, 1.807) is 0 Å². The van der Waals surface area contributed by atoms with E-state index in [1.807, 2.05) is 11.8 Å². The minimum Gasteiger partial charge on any atom is -0.375 e. The highest BCUT2D eigenvalue weighted by molar-refractivity contribution is 5.76. The van der Waals surface area contributed by atoms with Gasteiger partial charge in [0.05, 0.1) is 12.7 Å². The molecule has 17 heavy (non-hydrogen) atoms. The van der Waals surface area contributed by atoms with Crippen LogP contribution in [0.1, 0.15) is 26.2 Å². The number of hydrogen-bond donors (Lipinski definition) is 0. The van der Waals surface area contributed by atoms with Crippen molar-refractivity contribution in [3.05, 3.63) is 0 Å². The molecule has 4 heteroatoms. The van der Waals surface area contributed by atoms with Crippen LogP contribution in [0, 0.1) is 5.92 Å². The molecule has 2 rings (SSSR count). The van der Waals surface area contributed by atoms with Gasteiger partial charge in [-0.1, -0.05) is 0 Å². The SMILES string of the molecule is CC1CN(C(=O)CC2CCN(C)CC2)CCO1. The molecule has 0 radical (unpaired) electrons. The summed E-state index contributed by atoms with van der Waals surface area (Å²) in [6, 6.07) is 0. The monoisotopic (exact) mass is 240 g/mol. The first-order valence-electron chi connectivity index (χ1n) is 6.73. The Hall–Kier alpha value is -0.610. The van der Waals surface area contributed by atoms with Gasteiger partial charge in [0.2, 0.25) is 5.91 Å². The Morgan fingerprint density at radius 1 is 1.29 bits per heavy atom. The number of amides is 1. The second-order valence-electron chi connectivity index (χ2n) is 5.47. The maximum atomic E-state index is 12.2. The largest absolute Gasteiger partial charge is 0.375 e. The average Bonchev–Trinajstić information content (AvgIpc) is 2.32. The van der Waals surface area contributed by atoms with Gasteiger partial charge in [0.15, 0.2) is 0 Å². The number of hydrogen-bond acceptors (Lipinski definition) is 3. The number of likely N-dealkylation sites (tertiary alicyclic amines) is 1. The highest BCUT2D eigenvalue weighted by Gasteiger charge is 2.25. The Morgan fingerprint density at radius 2 is 2.00 bits per heavy atom. The Bertz CT molecular complexity index is 262. The molecule has 1 unspecified atom stereocenters. The van der Waals surface area contributed by atoms with E-state index in [0.717, 1.165) is 32.6 Å². The zero-order valence-electron chi connectivity index (χ0n) is 11.0. The molecule has 98 valence electrons. The van der Waals surface area contributed by atoms with Crippen molar-refractivity contribution in [2.75, 3.05) is 39.8 Å². The molecular formula is C13H24N2O2. The molecule has 0 aromatic rings. The number of carbonyl (C=O) groups excluding carboxylic acids is 1. The van der Waals surface area contributed by atoms with E-state index < -0.39 is 0 Å². The first-order chi connectivity index (χ1) is 8.15. The fourth-order valence-corrected chi connectivity index (χ4v) is 2.69. The van der Waals surface area contributed by atoms with Crippen molar-refractivity contribution >= 4 is 5.91 Å². The molecular weight excluding hydrogens is 216 g/mol. The molecule has 1 atom stereocenters. The molecule has 0 aliphatic carbocycles. The van der Waals surface area contributed by atoms with Crippen molar-refractivity contribution < 1.29 is 9.53 Å². The molecule has 0 aromatic heterocycles. The lowest BCUT2D eigenvalue weighted by atomic mass is 9.93. The molecule has 0 N–H and O–H groups in total. The summed E-state index contributed by atoms with van der Waals surface area (Å²) in [4.78, 5) is 16.5. The third-order valence-corrected chi connectivity index (χ3v) is 3.90. The van der Waals surface area contributed by atoms with Crippen LogP contribution in [0.4, 0.5) is 0 Å². The Balaban J connectivity index is 1.76. The van der Waals surface area contributed by atoms with Gasteiger partial charge >= 0.3 is 0 Å². The van der Waals surface area contributed by atoms with Crippen LogP contribution in [0.3, 0.4) is 0 Å². The maximum Gasteiger partial charge on any atom is 0.223 e. The van der Waals surface area contributed by atoms with Gasteiger partial charge in [0.25, 0.3) is 0 Å². The lowest BCUT2D eigenvalue weighted by Crippen LogP contribution is -2.45. The molecule has 1 amide bonds. The predicted octanol–water partition coefficient (Wildman–Crippen LogP) is 0.966. The summed E-state index contributed by atoms with van der Waals surface area (Å²) in [5.41, 5.74) is 0. The molecule has 0 bridgehead atoms. The van der Waals surface area contributed by atoms with Crippen LogP contribution in [0.15, 0.2) is 0 Å². The number of piperidine rings is 1. The number of ether oxygens (including phenoxy) is 1. The standard InChI is InChI=1S/C13H24N2O2/c1-11-10-15(7-8-17-11)13(16)9-12-3-5-14(2)6-4-12/h11-12H,3-10H2,1-2H3. The van der Waals surface area contributed by atoms with Gasteiger partial charge in [0, 0.05) is 19.5 Å². The summed E-state index contributed by atoms with van der Waals surface area (Å²) in [7, 11) is 2.15. The summed E-state index contributed by atoms with van der Waals surface area (Å²) in [6.45, 7) is 6.55. The smallest absolute Gasteiger partial charge is 0.223 e. The average molecular weight is 240 g/mol. The summed E-state index contributed by atoms with van der Waals surface area (Å²) < 4.78 is 5.46. The predicted molar refractivity (Wildman–Crippen MR) is 66.8 cm³/mol. The lowest BCUT2D eigenvalue weighted by Gasteiger charge is -2.34. The van der Waals surface area contributed by atoms with Crippen molar-refractivity contribution in [3.8, 4) is 0 Å². The summed E-state index contributed by atoms with van der Waals surface area (Å²) in [5, 5.41) is 0. The van der Waals surface area contributed by atoms with Gasteiger partial charge in [-0.3, -0.25) is 4.79 Å². The Morgan fingerprint density at radius 3 is 2.65 bits per heavy atom. The van der Waals surface area contributed by atoms with Gasteiger partial charge in [0.1, 0.15) is 0 Å². The van der Waals surface area contributed by atoms with Crippen LogP contribution >= 0.6 is 0 Å². The lowest BCUT2D eigenvalue weighted by molar-refractivity contribution is -0.139. The van der Waals surface area contributed by atoms with E-state index in [4.69, 9.17) is 4.74 Å². The van der Waals surface area contributed by atoms with Crippen LogP contribution < -0.4 is 0 Å². The molecule has 2 saturated heterocycles. The van der Waals surface area contributed by atoms with Crippen molar-refractivity contribution in [3.63, 3.8) is 0 Å². The maximum absolute atomic E-state index is 12.2. The quantitative estimate of drug-likeness (QED) is 0.721. The second kappa shape index (κ2) is 5.83. The molecule has 4 nitrogen and oxygen atoms in total. The van der Waals surface area contributed by atoms with Crippen molar-refractivity contribution in [1.82, 2.24) is 9.80 Å². The Labute approximate surface area is 104 Å². The van der Waals surface area contributed by atoms with Crippen molar-refractivity contribution in [2.24, 2.45) is 5.92 Å². The van der Waals surface area contributed by atoms with E-state index in [0.29, 0.717) is 18.4 Å². The molecule has 2 aliphatic heterocycles. The summed E-state index contributed by atoms with van der Waals surface area (Å²) >= 11 is 0. The summed E-state index contributed by atoms with van der Waals surface area (Å²) in [6.07, 6.45) is 3.27. The van der Waals surface area contributed by atoms with Gasteiger partial charge in [-0.2, -0.15) is 0 Å². The number of nitrogens with zero attached hydrogens (tertiary/aromatic N) is 2. The molecule has 0 saturated carbocycles. The normalized spacial score (nSPS) is 28.4. The second-order valence-corrected chi connectivity index (χ2v) is 5.47. The number of rotatable bonds is 2. The van der Waals surface area contributed by atoms with Crippen LogP contribution in [0.5, 0.6) is 0 Å². The number of carbonyl (C=O) groups is 1. The molecule has 2 aliphatic rings. The van der Waals surface area contributed by atoms with Gasteiger partial charge in [-0.15, -0.1) is 0 Å². The molecule has 0 spiro atoms. The van der Waals surface area contributed by atoms with Gasteiger partial charge in [-0.05, 0) is 45.8 Å². The van der Waals surface area contributed by atoms with Crippen molar-refractivity contribution in [2.45, 2.75) is 32.3 Å². The fourth-order valence-electron chi connectivity index (χ4n) is 2.69. The van der Waals surface area contributed by atoms with Crippen LogP contribution in [0.2, 0.25) is 0 Å². The van der Waals surface area contributed by atoms with E-state index in [-0.39, 0.29) is 6.10 Å². The third-order valence-electron chi connectivity index (χ3n) is 3.90. The molecule has 0 aromatic carbocycles. The Kier molecular flexibility index (Phi) is 4.40. The first kappa shape index (κ1) is 12.8. The van der Waals surface area contributed by atoms with Crippen LogP contribution in [-0.4, -0.2) is 61.6 Å². The van der Waals surface area contributed by atoms with Crippen LogP contribution in [-0.2, 0) is 9.53 Å². The zero-order valence-corrected chi connectivity index (χ0v) is 11.0. The van der Waals surface area contributed by atoms with Crippen molar-refractivity contribution in [1.29, 1.82) is 0 Å². The third kappa shape index (κ3) is 3.68. The highest BCUT2D eigenvalue weighted by atomic mass is 16.5. The van der Waals surface area contributed by atoms with E-state index >= 15 is 0 Å². The topological polar surface area (TPSA) is 32.8 Å². The highest BCUT2D eigenvalue weighted by Crippen LogP contribution is 2.21. The van der Waals surface area contributed by atoms with E-state index in [2.05, 4.69) is 11.9 Å². The number of morpholine rings is 1. The minimum absolute atomic E-state index is 0.199.